The zero-order chi connectivity index (χ0) is 14.7. The first-order chi connectivity index (χ1) is 10.3. The summed E-state index contributed by atoms with van der Waals surface area (Å²) in [5.41, 5.74) is 2.24. The molecule has 0 fully saturated rings. The first kappa shape index (κ1) is 13.6. The second-order valence-electron chi connectivity index (χ2n) is 4.82. The molecule has 0 saturated heterocycles. The van der Waals surface area contributed by atoms with E-state index in [0.29, 0.717) is 12.2 Å². The van der Waals surface area contributed by atoms with E-state index in [1.54, 1.807) is 18.5 Å². The zero-order valence-electron chi connectivity index (χ0n) is 11.8. The van der Waals surface area contributed by atoms with Crippen molar-refractivity contribution in [3.63, 3.8) is 0 Å². The molecule has 0 saturated carbocycles. The Bertz CT molecular complexity index is 758. The van der Waals surface area contributed by atoms with E-state index in [0.717, 1.165) is 16.5 Å². The molecule has 0 amide bonds. The molecule has 1 aromatic carbocycles. The SMILES string of the molecule is CCNC(c1cnc2ccccc2c1)c1ncccc1F. The van der Waals surface area contributed by atoms with Gasteiger partial charge in [0.2, 0.25) is 0 Å². The molecule has 0 aliphatic heterocycles. The van der Waals surface area contributed by atoms with Gasteiger partial charge in [0.25, 0.3) is 0 Å². The molecule has 2 aromatic heterocycles. The maximum atomic E-state index is 14.0. The average molecular weight is 281 g/mol. The Morgan fingerprint density at radius 1 is 1.14 bits per heavy atom. The van der Waals surface area contributed by atoms with Gasteiger partial charge in [0.05, 0.1) is 17.3 Å². The van der Waals surface area contributed by atoms with Gasteiger partial charge in [0.1, 0.15) is 5.82 Å². The molecule has 0 spiro atoms. The summed E-state index contributed by atoms with van der Waals surface area (Å²) in [6.45, 7) is 2.70. The van der Waals surface area contributed by atoms with Crippen LogP contribution in [0.1, 0.15) is 24.2 Å². The molecular weight excluding hydrogens is 265 g/mol. The molecule has 0 radical (unpaired) electrons. The molecule has 3 rings (SSSR count). The van der Waals surface area contributed by atoms with E-state index in [-0.39, 0.29) is 11.9 Å². The highest BCUT2D eigenvalue weighted by molar-refractivity contribution is 5.78. The highest BCUT2D eigenvalue weighted by Gasteiger charge is 2.18. The third-order valence-electron chi connectivity index (χ3n) is 3.41. The Labute approximate surface area is 122 Å². The fraction of sp³-hybridized carbons (Fsp3) is 0.176. The Kier molecular flexibility index (Phi) is 3.88. The number of hydrogen-bond donors (Lipinski definition) is 1. The number of rotatable bonds is 4. The summed E-state index contributed by atoms with van der Waals surface area (Å²) < 4.78 is 14.0. The van der Waals surface area contributed by atoms with Crippen molar-refractivity contribution in [2.24, 2.45) is 0 Å². The average Bonchev–Trinajstić information content (AvgIpc) is 2.53. The number of nitrogens with one attached hydrogen (secondary N) is 1. The molecule has 1 unspecified atom stereocenters. The molecule has 1 atom stereocenters. The second kappa shape index (κ2) is 5.97. The van der Waals surface area contributed by atoms with Gasteiger partial charge in [-0.1, -0.05) is 25.1 Å². The monoisotopic (exact) mass is 281 g/mol. The van der Waals surface area contributed by atoms with Crippen LogP contribution in [0, 0.1) is 5.82 Å². The van der Waals surface area contributed by atoms with Crippen molar-refractivity contribution in [3.05, 3.63) is 71.9 Å². The minimum Gasteiger partial charge on any atom is -0.305 e. The molecule has 21 heavy (non-hydrogen) atoms. The number of aromatic nitrogens is 2. The lowest BCUT2D eigenvalue weighted by Crippen LogP contribution is -2.24. The number of nitrogens with zero attached hydrogens (tertiary/aromatic N) is 2. The van der Waals surface area contributed by atoms with E-state index in [9.17, 15) is 4.39 Å². The van der Waals surface area contributed by atoms with Crippen LogP contribution in [0.3, 0.4) is 0 Å². The van der Waals surface area contributed by atoms with Crippen molar-refractivity contribution >= 4 is 10.9 Å². The number of pyridine rings is 2. The fourth-order valence-electron chi connectivity index (χ4n) is 2.43. The summed E-state index contributed by atoms with van der Waals surface area (Å²) in [5.74, 6) is -0.309. The van der Waals surface area contributed by atoms with Gasteiger partial charge in [-0.15, -0.1) is 0 Å². The number of benzene rings is 1. The zero-order valence-corrected chi connectivity index (χ0v) is 11.8. The number of para-hydroxylation sites is 1. The number of hydrogen-bond acceptors (Lipinski definition) is 3. The third-order valence-corrected chi connectivity index (χ3v) is 3.41. The van der Waals surface area contributed by atoms with Gasteiger partial charge in [-0.3, -0.25) is 9.97 Å². The number of halogens is 1. The lowest BCUT2D eigenvalue weighted by Gasteiger charge is -2.18. The first-order valence-electron chi connectivity index (χ1n) is 6.98. The third kappa shape index (κ3) is 2.76. The lowest BCUT2D eigenvalue weighted by atomic mass is 10.0. The standard InChI is InChI=1S/C17H16FN3/c1-2-19-16(17-14(18)7-5-9-20-17)13-10-12-6-3-4-8-15(12)21-11-13/h3-11,16,19H,2H2,1H3. The lowest BCUT2D eigenvalue weighted by molar-refractivity contribution is 0.542. The van der Waals surface area contributed by atoms with Crippen LogP contribution in [0.4, 0.5) is 4.39 Å². The van der Waals surface area contributed by atoms with Crippen molar-refractivity contribution in [2.75, 3.05) is 6.54 Å². The first-order valence-corrected chi connectivity index (χ1v) is 6.98. The minimum absolute atomic E-state index is 0.298. The van der Waals surface area contributed by atoms with Crippen LogP contribution in [-0.4, -0.2) is 16.5 Å². The fourth-order valence-corrected chi connectivity index (χ4v) is 2.43. The van der Waals surface area contributed by atoms with Crippen LogP contribution >= 0.6 is 0 Å². The molecular formula is C17H16FN3. The van der Waals surface area contributed by atoms with E-state index in [4.69, 9.17) is 0 Å². The van der Waals surface area contributed by atoms with Gasteiger partial charge in [0, 0.05) is 17.8 Å². The van der Waals surface area contributed by atoms with Crippen molar-refractivity contribution in [3.8, 4) is 0 Å². The summed E-state index contributed by atoms with van der Waals surface area (Å²) >= 11 is 0. The Hall–Kier alpha value is -2.33. The summed E-state index contributed by atoms with van der Waals surface area (Å²) in [6.07, 6.45) is 3.39. The van der Waals surface area contributed by atoms with Crippen LogP contribution < -0.4 is 5.32 Å². The molecule has 0 aliphatic carbocycles. The maximum absolute atomic E-state index is 14.0. The van der Waals surface area contributed by atoms with E-state index < -0.39 is 0 Å². The van der Waals surface area contributed by atoms with Gasteiger partial charge in [-0.05, 0) is 36.4 Å². The van der Waals surface area contributed by atoms with Gasteiger partial charge >= 0.3 is 0 Å². The maximum Gasteiger partial charge on any atom is 0.146 e. The molecule has 106 valence electrons. The summed E-state index contributed by atoms with van der Waals surface area (Å²) in [5, 5.41) is 4.31. The van der Waals surface area contributed by atoms with Gasteiger partial charge in [-0.25, -0.2) is 4.39 Å². The minimum atomic E-state index is -0.309. The van der Waals surface area contributed by atoms with E-state index in [1.807, 2.05) is 37.3 Å². The highest BCUT2D eigenvalue weighted by atomic mass is 19.1. The Morgan fingerprint density at radius 2 is 2.00 bits per heavy atom. The highest BCUT2D eigenvalue weighted by Crippen LogP contribution is 2.24. The molecule has 3 nitrogen and oxygen atoms in total. The predicted octanol–water partition coefficient (Wildman–Crippen LogP) is 3.47. The van der Waals surface area contributed by atoms with Crippen molar-refractivity contribution in [1.29, 1.82) is 0 Å². The van der Waals surface area contributed by atoms with E-state index in [1.165, 1.54) is 6.07 Å². The van der Waals surface area contributed by atoms with Gasteiger partial charge in [0.15, 0.2) is 0 Å². The van der Waals surface area contributed by atoms with Crippen LogP contribution in [0.2, 0.25) is 0 Å². The number of fused-ring (bicyclic) bond motifs is 1. The molecule has 0 bridgehead atoms. The van der Waals surface area contributed by atoms with Crippen molar-refractivity contribution < 1.29 is 4.39 Å². The smallest absolute Gasteiger partial charge is 0.146 e. The Morgan fingerprint density at radius 3 is 2.81 bits per heavy atom. The summed E-state index contributed by atoms with van der Waals surface area (Å²) in [6, 6.07) is 12.7. The molecule has 3 aromatic rings. The summed E-state index contributed by atoms with van der Waals surface area (Å²) in [7, 11) is 0. The van der Waals surface area contributed by atoms with Gasteiger partial charge < -0.3 is 5.32 Å². The van der Waals surface area contributed by atoms with Crippen molar-refractivity contribution in [1.82, 2.24) is 15.3 Å². The van der Waals surface area contributed by atoms with Crippen LogP contribution in [0.15, 0.2) is 54.9 Å². The van der Waals surface area contributed by atoms with Gasteiger partial charge in [-0.2, -0.15) is 0 Å². The largest absolute Gasteiger partial charge is 0.305 e. The topological polar surface area (TPSA) is 37.8 Å². The quantitative estimate of drug-likeness (QED) is 0.795. The predicted molar refractivity (Wildman–Crippen MR) is 81.5 cm³/mol. The molecule has 0 aliphatic rings. The van der Waals surface area contributed by atoms with Crippen LogP contribution in [-0.2, 0) is 0 Å². The van der Waals surface area contributed by atoms with Crippen molar-refractivity contribution in [2.45, 2.75) is 13.0 Å². The van der Waals surface area contributed by atoms with Crippen LogP contribution in [0.5, 0.6) is 0 Å². The summed E-state index contributed by atoms with van der Waals surface area (Å²) in [4.78, 5) is 8.64. The van der Waals surface area contributed by atoms with Crippen LogP contribution in [0.25, 0.3) is 10.9 Å². The molecule has 1 N–H and O–H groups in total. The van der Waals surface area contributed by atoms with E-state index in [2.05, 4.69) is 15.3 Å². The normalized spacial score (nSPS) is 12.5. The molecule has 4 heteroatoms. The molecule has 2 heterocycles. The van der Waals surface area contributed by atoms with E-state index >= 15 is 0 Å². The Balaban J connectivity index is 2.09. The second-order valence-corrected chi connectivity index (χ2v) is 4.82.